The third-order valence-electron chi connectivity index (χ3n) is 2.95. The summed E-state index contributed by atoms with van der Waals surface area (Å²) in [6.07, 6.45) is 0. The number of nitrogens with two attached hydrogens (primary N) is 1. The van der Waals surface area contributed by atoms with Gasteiger partial charge in [0, 0.05) is 20.1 Å². The van der Waals surface area contributed by atoms with E-state index in [-0.39, 0.29) is 5.41 Å². The number of hydrogen-bond donors (Lipinski definition) is 2. The van der Waals surface area contributed by atoms with Gasteiger partial charge in [-0.1, -0.05) is 26.1 Å². The Labute approximate surface area is 121 Å². The Bertz CT molecular complexity index is 462. The Hall–Kier alpha value is -1.14. The number of hydrogen-bond acceptors (Lipinski definition) is 4. The molecule has 0 saturated heterocycles. The van der Waals surface area contributed by atoms with Crippen LogP contribution in [0.2, 0.25) is 0 Å². The molecule has 1 aromatic heterocycles. The van der Waals surface area contributed by atoms with Crippen molar-refractivity contribution in [2.75, 3.05) is 32.5 Å². The molecular weight excluding hydrogens is 258 g/mol. The largest absolute Gasteiger partial charge is 0.389 e. The molecule has 0 aromatic carbocycles. The summed E-state index contributed by atoms with van der Waals surface area (Å²) in [6, 6.07) is 0. The number of nitrogens with one attached hydrogen (secondary N) is 1. The van der Waals surface area contributed by atoms with Crippen LogP contribution < -0.4 is 11.1 Å². The molecule has 0 radical (unpaired) electrons. The molecule has 0 fully saturated rings. The van der Waals surface area contributed by atoms with Gasteiger partial charge in [0.25, 0.3) is 0 Å². The fraction of sp³-hybridized carbons (Fsp3) is 0.692. The minimum atomic E-state index is 0.148. The summed E-state index contributed by atoms with van der Waals surface area (Å²) in [5.74, 6) is 0.900. The number of nitrogens with zero attached hydrogens (tertiary/aromatic N) is 3. The lowest BCUT2D eigenvalue weighted by atomic mass is 9.93. The van der Waals surface area contributed by atoms with Gasteiger partial charge >= 0.3 is 0 Å². The molecule has 19 heavy (non-hydrogen) atoms. The molecule has 1 rings (SSSR count). The van der Waals surface area contributed by atoms with Crippen molar-refractivity contribution in [3.05, 3.63) is 11.3 Å². The Balaban J connectivity index is 2.86. The predicted molar refractivity (Wildman–Crippen MR) is 84.7 cm³/mol. The van der Waals surface area contributed by atoms with Gasteiger partial charge in [-0.2, -0.15) is 5.10 Å². The quantitative estimate of drug-likeness (QED) is 0.772. The fourth-order valence-electron chi connectivity index (χ4n) is 2.39. The SMILES string of the molecule is Cc1nn(C)c(NCC(C)(C)CN(C)C)c1C(N)=S. The second kappa shape index (κ2) is 5.88. The van der Waals surface area contributed by atoms with Crippen molar-refractivity contribution in [3.63, 3.8) is 0 Å². The molecule has 1 heterocycles. The van der Waals surface area contributed by atoms with E-state index in [1.807, 2.05) is 14.0 Å². The maximum absolute atomic E-state index is 5.78. The third-order valence-corrected chi connectivity index (χ3v) is 3.15. The Morgan fingerprint density at radius 1 is 1.47 bits per heavy atom. The van der Waals surface area contributed by atoms with Gasteiger partial charge < -0.3 is 16.0 Å². The molecule has 0 saturated carbocycles. The van der Waals surface area contributed by atoms with E-state index >= 15 is 0 Å². The van der Waals surface area contributed by atoms with Crippen LogP contribution >= 0.6 is 12.2 Å². The Morgan fingerprint density at radius 3 is 2.53 bits per heavy atom. The van der Waals surface area contributed by atoms with Crippen LogP contribution in [0.3, 0.4) is 0 Å². The predicted octanol–water partition coefficient (Wildman–Crippen LogP) is 1.36. The summed E-state index contributed by atoms with van der Waals surface area (Å²) in [5.41, 5.74) is 7.64. The summed E-state index contributed by atoms with van der Waals surface area (Å²) in [7, 11) is 6.06. The highest BCUT2D eigenvalue weighted by molar-refractivity contribution is 7.80. The first-order valence-corrected chi connectivity index (χ1v) is 6.77. The average Bonchev–Trinajstić information content (AvgIpc) is 2.48. The number of thiocarbonyl (C=S) groups is 1. The van der Waals surface area contributed by atoms with Crippen LogP contribution in [0.15, 0.2) is 0 Å². The zero-order valence-electron chi connectivity index (χ0n) is 12.7. The van der Waals surface area contributed by atoms with E-state index in [1.54, 1.807) is 4.68 Å². The first-order valence-electron chi connectivity index (χ1n) is 6.36. The van der Waals surface area contributed by atoms with Crippen LogP contribution in [-0.4, -0.2) is 46.9 Å². The minimum Gasteiger partial charge on any atom is -0.389 e. The summed E-state index contributed by atoms with van der Waals surface area (Å²) in [6.45, 7) is 8.21. The summed E-state index contributed by atoms with van der Waals surface area (Å²) in [5, 5.41) is 7.81. The van der Waals surface area contributed by atoms with E-state index in [4.69, 9.17) is 18.0 Å². The first-order chi connectivity index (χ1) is 8.64. The lowest BCUT2D eigenvalue weighted by Gasteiger charge is -2.29. The molecule has 0 atom stereocenters. The highest BCUT2D eigenvalue weighted by atomic mass is 32.1. The summed E-state index contributed by atoms with van der Waals surface area (Å²) >= 11 is 5.10. The van der Waals surface area contributed by atoms with Gasteiger partial charge in [0.2, 0.25) is 0 Å². The fourth-order valence-corrected chi connectivity index (χ4v) is 2.64. The standard InChI is InChI=1S/C13H25N5S/c1-9-10(11(14)19)12(18(6)16-9)15-7-13(2,3)8-17(4)5/h15H,7-8H2,1-6H3,(H2,14,19). The van der Waals surface area contributed by atoms with E-state index in [1.165, 1.54) is 0 Å². The Kier molecular flexibility index (Phi) is 4.92. The average molecular weight is 283 g/mol. The van der Waals surface area contributed by atoms with Crippen molar-refractivity contribution >= 4 is 23.0 Å². The van der Waals surface area contributed by atoms with Crippen LogP contribution in [0.5, 0.6) is 0 Å². The van der Waals surface area contributed by atoms with E-state index in [0.717, 1.165) is 30.2 Å². The smallest absolute Gasteiger partial charge is 0.134 e. The third kappa shape index (κ3) is 4.18. The molecule has 0 bridgehead atoms. The number of aromatic nitrogens is 2. The minimum absolute atomic E-state index is 0.148. The van der Waals surface area contributed by atoms with Crippen molar-refractivity contribution in [3.8, 4) is 0 Å². The molecule has 0 aliphatic rings. The molecule has 0 amide bonds. The number of rotatable bonds is 6. The Morgan fingerprint density at radius 2 is 2.05 bits per heavy atom. The van der Waals surface area contributed by atoms with Gasteiger partial charge in [-0.05, 0) is 26.4 Å². The number of aryl methyl sites for hydroxylation is 2. The molecular formula is C13H25N5S. The van der Waals surface area contributed by atoms with E-state index in [0.29, 0.717) is 4.99 Å². The van der Waals surface area contributed by atoms with Gasteiger partial charge in [-0.15, -0.1) is 0 Å². The van der Waals surface area contributed by atoms with Gasteiger partial charge in [0.15, 0.2) is 0 Å². The topological polar surface area (TPSA) is 59.1 Å². The van der Waals surface area contributed by atoms with Crippen LogP contribution in [-0.2, 0) is 7.05 Å². The molecule has 5 nitrogen and oxygen atoms in total. The lowest BCUT2D eigenvalue weighted by Crippen LogP contribution is -2.35. The molecule has 0 aliphatic heterocycles. The van der Waals surface area contributed by atoms with Crippen LogP contribution in [0.4, 0.5) is 5.82 Å². The maximum Gasteiger partial charge on any atom is 0.134 e. The van der Waals surface area contributed by atoms with E-state index < -0.39 is 0 Å². The zero-order valence-corrected chi connectivity index (χ0v) is 13.6. The van der Waals surface area contributed by atoms with E-state index in [9.17, 15) is 0 Å². The van der Waals surface area contributed by atoms with Gasteiger partial charge in [-0.3, -0.25) is 4.68 Å². The molecule has 0 unspecified atom stereocenters. The van der Waals surface area contributed by atoms with Crippen LogP contribution in [0.1, 0.15) is 25.1 Å². The zero-order chi connectivity index (χ0) is 14.8. The monoisotopic (exact) mass is 283 g/mol. The van der Waals surface area contributed by atoms with Gasteiger partial charge in [0.05, 0.1) is 11.3 Å². The lowest BCUT2D eigenvalue weighted by molar-refractivity contribution is 0.254. The molecule has 108 valence electrons. The molecule has 0 spiro atoms. The molecule has 0 aliphatic carbocycles. The first kappa shape index (κ1) is 15.9. The molecule has 1 aromatic rings. The van der Waals surface area contributed by atoms with Gasteiger partial charge in [0.1, 0.15) is 10.8 Å². The normalized spacial score (nSPS) is 11.9. The second-order valence-corrected chi connectivity index (χ2v) is 6.49. The molecule has 3 N–H and O–H groups in total. The van der Waals surface area contributed by atoms with Gasteiger partial charge in [-0.25, -0.2) is 0 Å². The van der Waals surface area contributed by atoms with Crippen molar-refractivity contribution in [2.24, 2.45) is 18.2 Å². The van der Waals surface area contributed by atoms with Crippen molar-refractivity contribution in [1.29, 1.82) is 0 Å². The van der Waals surface area contributed by atoms with Crippen LogP contribution in [0, 0.1) is 12.3 Å². The molecule has 6 heteroatoms. The highest BCUT2D eigenvalue weighted by Gasteiger charge is 2.21. The number of anilines is 1. The van der Waals surface area contributed by atoms with E-state index in [2.05, 4.69) is 43.3 Å². The second-order valence-electron chi connectivity index (χ2n) is 6.05. The van der Waals surface area contributed by atoms with Crippen LogP contribution in [0.25, 0.3) is 0 Å². The van der Waals surface area contributed by atoms with Crippen molar-refractivity contribution in [2.45, 2.75) is 20.8 Å². The summed E-state index contributed by atoms with van der Waals surface area (Å²) < 4.78 is 1.80. The maximum atomic E-state index is 5.78. The van der Waals surface area contributed by atoms with Crippen molar-refractivity contribution in [1.82, 2.24) is 14.7 Å². The summed E-state index contributed by atoms with van der Waals surface area (Å²) in [4.78, 5) is 2.57. The van der Waals surface area contributed by atoms with Crippen molar-refractivity contribution < 1.29 is 0 Å². The highest BCUT2D eigenvalue weighted by Crippen LogP contribution is 2.22.